The van der Waals surface area contributed by atoms with Crippen LogP contribution in [0.25, 0.3) is 0 Å². The van der Waals surface area contributed by atoms with Crippen LogP contribution < -0.4 is 69.6 Å². The van der Waals surface area contributed by atoms with Gasteiger partial charge < -0.3 is 85.7 Å². The van der Waals surface area contributed by atoms with Gasteiger partial charge in [-0.1, -0.05) is 89.7 Å². The number of carbonyl (C=O) groups excluding carboxylic acids is 10. The Hall–Kier alpha value is -9.28. The van der Waals surface area contributed by atoms with Gasteiger partial charge >= 0.3 is 48.5 Å². The number of esters is 1. The lowest BCUT2D eigenvalue weighted by atomic mass is 9.80. The molecular weight excluding hydrogens is 1430 g/mol. The van der Waals surface area contributed by atoms with Gasteiger partial charge in [-0.25, -0.2) is 48.3 Å². The summed E-state index contributed by atoms with van der Waals surface area (Å²) in [4.78, 5) is 161. The smallest absolute Gasteiger partial charge is 0.407 e. The SMILES string of the molecule is C=CC(=O)OCCNC(=O)OC(CCOC(=O)NCCC(C)(C)CC(C)CNC(=O)COC(C)CCOC(=O)NCCC(C)(C)CC(C)CNC(=O)Nc1nc(C)cc(=O)[nH]1)CCOC(=O)NCCC(C)(C)CC(C)CNC(=O)COC(C)CCOC(=O)NCCC(C)(C)CC(C)CNC(=O)Nc1nc(C)cc(=O)[nH]1. The second-order valence-corrected chi connectivity index (χ2v) is 31.6. The van der Waals surface area contributed by atoms with E-state index in [4.69, 9.17) is 37.9 Å². The summed E-state index contributed by atoms with van der Waals surface area (Å²) in [7, 11) is 0. The van der Waals surface area contributed by atoms with Crippen LogP contribution in [0.15, 0.2) is 34.4 Å². The molecule has 0 aliphatic heterocycles. The molecule has 2 aromatic rings. The number of aromatic nitrogens is 4. The summed E-state index contributed by atoms with van der Waals surface area (Å²) in [5.41, 5.74) is -0.564. The van der Waals surface area contributed by atoms with Crippen molar-refractivity contribution >= 4 is 72.2 Å². The third kappa shape index (κ3) is 49.7. The number of H-pyrrole nitrogens is 2. The fraction of sp³-hybridized carbons (Fsp3) is 0.733. The maximum atomic E-state index is 12.8. The molecule has 6 unspecified atom stereocenters. The number of anilines is 2. The van der Waals surface area contributed by atoms with E-state index < -0.39 is 54.6 Å². The molecule has 0 spiro atoms. The van der Waals surface area contributed by atoms with Crippen molar-refractivity contribution in [2.75, 3.05) is 116 Å². The van der Waals surface area contributed by atoms with Gasteiger partial charge in [-0.15, -0.1) is 0 Å². The van der Waals surface area contributed by atoms with Crippen molar-refractivity contribution in [3.63, 3.8) is 0 Å². The first-order valence-corrected chi connectivity index (χ1v) is 38.0. The monoisotopic (exact) mass is 1560 g/mol. The molecule has 110 heavy (non-hydrogen) atoms. The highest BCUT2D eigenvalue weighted by Gasteiger charge is 2.27. The number of aromatic amines is 2. The first-order chi connectivity index (χ1) is 51.6. The van der Waals surface area contributed by atoms with E-state index in [2.05, 4.69) is 140 Å². The van der Waals surface area contributed by atoms with Gasteiger partial charge in [0.15, 0.2) is 0 Å². The Balaban J connectivity index is 1.63. The Morgan fingerprint density at radius 3 is 1.05 bits per heavy atom. The molecule has 2 rings (SSSR count). The molecule has 2 heterocycles. The van der Waals surface area contributed by atoms with E-state index in [0.717, 1.165) is 31.8 Å². The number of ether oxygens (including phenoxy) is 8. The van der Waals surface area contributed by atoms with Gasteiger partial charge in [-0.2, -0.15) is 0 Å². The van der Waals surface area contributed by atoms with E-state index >= 15 is 0 Å². The van der Waals surface area contributed by atoms with Crippen LogP contribution in [0.3, 0.4) is 0 Å². The van der Waals surface area contributed by atoms with Crippen LogP contribution in [0.4, 0.5) is 45.5 Å². The van der Waals surface area contributed by atoms with Gasteiger partial charge in [-0.05, 0) is 124 Å². The second-order valence-electron chi connectivity index (χ2n) is 31.6. The summed E-state index contributed by atoms with van der Waals surface area (Å²) in [5.74, 6) is -0.724. The van der Waals surface area contributed by atoms with Crippen LogP contribution in [-0.4, -0.2) is 204 Å². The highest BCUT2D eigenvalue weighted by atomic mass is 16.6. The summed E-state index contributed by atoms with van der Waals surface area (Å²) in [6, 6.07) is 1.69. The zero-order valence-electron chi connectivity index (χ0n) is 67.8. The molecule has 13 N–H and O–H groups in total. The number of urea groups is 2. The molecule has 0 fully saturated rings. The summed E-state index contributed by atoms with van der Waals surface area (Å²) in [6.45, 7) is 37.1. The van der Waals surface area contributed by atoms with Gasteiger partial charge in [0.1, 0.15) is 25.9 Å². The molecule has 0 saturated heterocycles. The van der Waals surface area contributed by atoms with E-state index in [1.807, 2.05) is 27.7 Å². The number of nitrogens with zero attached hydrogens (tertiary/aromatic N) is 2. The minimum atomic E-state index is -0.853. The summed E-state index contributed by atoms with van der Waals surface area (Å²) < 4.78 is 43.4. The zero-order valence-corrected chi connectivity index (χ0v) is 67.8. The van der Waals surface area contributed by atoms with Gasteiger partial charge in [0, 0.05) is 108 Å². The first-order valence-electron chi connectivity index (χ1n) is 38.0. The number of hydrogen-bond donors (Lipinski definition) is 13. The van der Waals surface area contributed by atoms with Gasteiger partial charge in [0.05, 0.1) is 45.2 Å². The van der Waals surface area contributed by atoms with Crippen LogP contribution >= 0.6 is 0 Å². The Labute approximate surface area is 647 Å². The number of amides is 11. The summed E-state index contributed by atoms with van der Waals surface area (Å²) >= 11 is 0. The fourth-order valence-electron chi connectivity index (χ4n) is 12.1. The second kappa shape index (κ2) is 51.2. The average Bonchev–Trinajstić information content (AvgIpc) is 0.889. The standard InChI is InChI=1S/C75H129N15O20/c1-18-62(95)103-36-31-80-71(102)110-57(21-34-106-69(100)78-29-23-72(10,11)39-49(2)43-81-60(93)47-108-55(8)19-32-104-67(98)76-27-25-74(14,15)41-51(4)45-83-65(96)89-63-85-53(6)37-58(91)87-63)22-35-107-70(101)79-30-24-73(12,13)40-50(3)44-82-61(94)48-109-56(9)20-33-105-68(99)77-28-26-75(16,17)42-52(5)46-84-66(97)90-64-86-54(7)38-59(92)88-64/h18,37-38,49-52,55-57H,1,19-36,39-48H2,2-17H3,(H,76,98)(H,77,99)(H,78,100)(H,79,101)(H,80,102)(H,81,93)(H,82,94)(H3,83,85,87,89,91,96)(H3,84,86,88,90,92,97). The highest BCUT2D eigenvalue weighted by Crippen LogP contribution is 2.32. The number of aryl methyl sites for hydroxylation is 2. The molecule has 0 aliphatic rings. The van der Waals surface area contributed by atoms with Crippen molar-refractivity contribution in [3.8, 4) is 0 Å². The van der Waals surface area contributed by atoms with Gasteiger partial charge in [-0.3, -0.25) is 39.8 Å². The van der Waals surface area contributed by atoms with E-state index in [9.17, 15) is 57.5 Å². The minimum absolute atomic E-state index is 0.0555. The number of carbonyl (C=O) groups is 10. The highest BCUT2D eigenvalue weighted by molar-refractivity contribution is 5.88. The van der Waals surface area contributed by atoms with Crippen LogP contribution in [0, 0.1) is 59.2 Å². The van der Waals surface area contributed by atoms with Crippen molar-refractivity contribution in [1.82, 2.24) is 67.8 Å². The summed E-state index contributed by atoms with van der Waals surface area (Å²) in [6.07, 6.45) is 2.42. The molecule has 624 valence electrons. The predicted molar refractivity (Wildman–Crippen MR) is 414 cm³/mol. The molecule has 0 bridgehead atoms. The van der Waals surface area contributed by atoms with Gasteiger partial charge in [0.2, 0.25) is 23.7 Å². The molecule has 0 aliphatic carbocycles. The van der Waals surface area contributed by atoms with Crippen molar-refractivity contribution in [1.29, 1.82) is 0 Å². The molecule has 35 nitrogen and oxygen atoms in total. The average molecular weight is 1560 g/mol. The molecule has 0 radical (unpaired) electrons. The molecule has 2 aromatic heterocycles. The Kier molecular flexibility index (Phi) is 45.1. The maximum Gasteiger partial charge on any atom is 0.407 e. The third-order valence-corrected chi connectivity index (χ3v) is 17.5. The molecule has 0 saturated carbocycles. The Morgan fingerprint density at radius 2 is 0.736 bits per heavy atom. The lowest BCUT2D eigenvalue weighted by Crippen LogP contribution is -2.35. The van der Waals surface area contributed by atoms with E-state index in [-0.39, 0.29) is 171 Å². The Bertz CT molecular complexity index is 3120. The largest absolute Gasteiger partial charge is 0.461 e. The van der Waals surface area contributed by atoms with E-state index in [1.165, 1.54) is 12.1 Å². The molecule has 11 amide bonds. The van der Waals surface area contributed by atoms with Crippen LogP contribution in [0.5, 0.6) is 0 Å². The van der Waals surface area contributed by atoms with Crippen molar-refractivity contribution in [3.05, 3.63) is 56.9 Å². The third-order valence-electron chi connectivity index (χ3n) is 17.5. The quantitative estimate of drug-likeness (QED) is 0.0128. The van der Waals surface area contributed by atoms with Crippen molar-refractivity contribution in [2.45, 2.75) is 206 Å². The molecule has 0 aromatic carbocycles. The van der Waals surface area contributed by atoms with Crippen LogP contribution in [-0.2, 0) is 52.3 Å². The number of rotatable bonds is 53. The van der Waals surface area contributed by atoms with Crippen molar-refractivity contribution in [2.24, 2.45) is 45.3 Å². The van der Waals surface area contributed by atoms with Gasteiger partial charge in [0.25, 0.3) is 11.1 Å². The number of nitrogens with one attached hydrogen (secondary N) is 13. The first kappa shape index (κ1) is 96.8. The zero-order chi connectivity index (χ0) is 82.5. The minimum Gasteiger partial charge on any atom is -0.461 e. The fourth-order valence-corrected chi connectivity index (χ4v) is 12.1. The lowest BCUT2D eigenvalue weighted by molar-refractivity contribution is -0.137. The molecule has 35 heteroatoms. The predicted octanol–water partition coefficient (Wildman–Crippen LogP) is 8.52. The van der Waals surface area contributed by atoms with E-state index in [0.29, 0.717) is 89.2 Å². The number of hydrogen-bond acceptors (Lipinski definition) is 22. The topological polar surface area (TPSA) is 468 Å². The number of alkyl carbamates (subject to hydrolysis) is 5. The Morgan fingerprint density at radius 1 is 0.427 bits per heavy atom. The van der Waals surface area contributed by atoms with Crippen molar-refractivity contribution < 1.29 is 85.8 Å². The maximum absolute atomic E-state index is 12.8. The van der Waals surface area contributed by atoms with Crippen LogP contribution in [0.2, 0.25) is 0 Å². The lowest BCUT2D eigenvalue weighted by Gasteiger charge is -2.28. The molecular formula is C75H129N15O20. The summed E-state index contributed by atoms with van der Waals surface area (Å²) in [5, 5.41) is 30.0. The normalized spacial score (nSPS) is 13.5. The van der Waals surface area contributed by atoms with Crippen LogP contribution in [0.1, 0.15) is 185 Å². The van der Waals surface area contributed by atoms with E-state index in [1.54, 1.807) is 27.7 Å². The molecule has 6 atom stereocenters.